The maximum Gasteiger partial charge on any atom is 0.254 e. The first-order valence-electron chi connectivity index (χ1n) is 7.35. The largest absolute Gasteiger partial charge is 0.352 e. The summed E-state index contributed by atoms with van der Waals surface area (Å²) in [5, 5.41) is 9.33. The van der Waals surface area contributed by atoms with Crippen molar-refractivity contribution in [2.24, 2.45) is 0 Å². The number of aromatic nitrogens is 2. The predicted octanol–water partition coefficient (Wildman–Crippen LogP) is 1.80. The molecule has 0 aliphatic carbocycles. The maximum absolute atomic E-state index is 11.6. The van der Waals surface area contributed by atoms with Crippen LogP contribution in [0.4, 0.5) is 0 Å². The van der Waals surface area contributed by atoms with Crippen LogP contribution < -0.4 is 5.32 Å². The lowest BCUT2D eigenvalue weighted by atomic mass is 10.2. The van der Waals surface area contributed by atoms with Gasteiger partial charge in [0.25, 0.3) is 5.91 Å². The number of carbonyl (C=O) groups is 1. The number of hydrogen-bond donors (Lipinski definition) is 2. The Hall–Kier alpha value is -1.36. The van der Waals surface area contributed by atoms with Crippen molar-refractivity contribution in [3.05, 3.63) is 18.0 Å². The molecule has 2 heterocycles. The van der Waals surface area contributed by atoms with E-state index in [1.807, 2.05) is 0 Å². The van der Waals surface area contributed by atoms with Gasteiger partial charge < -0.3 is 10.2 Å². The van der Waals surface area contributed by atoms with Gasteiger partial charge in [-0.05, 0) is 45.3 Å². The molecule has 0 bridgehead atoms. The summed E-state index contributed by atoms with van der Waals surface area (Å²) in [5.41, 5.74) is 0.604. The molecule has 1 amide bonds. The van der Waals surface area contributed by atoms with Gasteiger partial charge >= 0.3 is 0 Å². The molecule has 5 heteroatoms. The fraction of sp³-hybridized carbons (Fsp3) is 0.714. The van der Waals surface area contributed by atoms with Crippen LogP contribution in [0.15, 0.2) is 12.4 Å². The quantitative estimate of drug-likeness (QED) is 0.770. The number of amides is 1. The molecular formula is C14H24N4O. The van der Waals surface area contributed by atoms with E-state index < -0.39 is 0 Å². The smallest absolute Gasteiger partial charge is 0.254 e. The van der Waals surface area contributed by atoms with E-state index in [9.17, 15) is 4.79 Å². The summed E-state index contributed by atoms with van der Waals surface area (Å²) in [4.78, 5) is 14.2. The number of nitrogens with zero attached hydrogens (tertiary/aromatic N) is 2. The first kappa shape index (κ1) is 14.1. The molecule has 0 saturated carbocycles. The van der Waals surface area contributed by atoms with Gasteiger partial charge in [-0.2, -0.15) is 5.10 Å². The van der Waals surface area contributed by atoms with Crippen molar-refractivity contribution in [3.8, 4) is 0 Å². The highest BCUT2D eigenvalue weighted by Crippen LogP contribution is 2.10. The van der Waals surface area contributed by atoms with Crippen LogP contribution in [0.1, 0.15) is 48.9 Å². The highest BCUT2D eigenvalue weighted by atomic mass is 16.1. The Morgan fingerprint density at radius 1 is 1.26 bits per heavy atom. The van der Waals surface area contributed by atoms with Crippen LogP contribution in [-0.4, -0.2) is 47.2 Å². The van der Waals surface area contributed by atoms with E-state index in [2.05, 4.69) is 20.4 Å². The van der Waals surface area contributed by atoms with Crippen LogP contribution in [0.2, 0.25) is 0 Å². The summed E-state index contributed by atoms with van der Waals surface area (Å²) in [6, 6.07) is 0. The summed E-state index contributed by atoms with van der Waals surface area (Å²) in [6.45, 7) is 4.42. The number of nitrogens with one attached hydrogen (secondary N) is 2. The molecule has 0 atom stereocenters. The second kappa shape index (κ2) is 7.94. The van der Waals surface area contributed by atoms with Gasteiger partial charge in [0.2, 0.25) is 0 Å². The molecule has 0 spiro atoms. The Bertz CT molecular complexity index is 356. The van der Waals surface area contributed by atoms with Crippen molar-refractivity contribution in [3.63, 3.8) is 0 Å². The van der Waals surface area contributed by atoms with Gasteiger partial charge in [-0.1, -0.05) is 12.8 Å². The van der Waals surface area contributed by atoms with Crippen molar-refractivity contribution in [1.29, 1.82) is 0 Å². The number of hydrogen-bond acceptors (Lipinski definition) is 3. The summed E-state index contributed by atoms with van der Waals surface area (Å²) < 4.78 is 0. The Kier molecular flexibility index (Phi) is 5.88. The Labute approximate surface area is 114 Å². The Morgan fingerprint density at radius 2 is 2.05 bits per heavy atom. The van der Waals surface area contributed by atoms with E-state index in [1.165, 1.54) is 45.3 Å². The zero-order chi connectivity index (χ0) is 13.3. The van der Waals surface area contributed by atoms with E-state index in [0.717, 1.165) is 19.4 Å². The zero-order valence-corrected chi connectivity index (χ0v) is 11.5. The molecule has 19 heavy (non-hydrogen) atoms. The van der Waals surface area contributed by atoms with Crippen molar-refractivity contribution < 1.29 is 4.79 Å². The minimum atomic E-state index is -0.0384. The third kappa shape index (κ3) is 5.03. The molecule has 0 unspecified atom stereocenters. The van der Waals surface area contributed by atoms with Crippen LogP contribution in [0.5, 0.6) is 0 Å². The fourth-order valence-electron chi connectivity index (χ4n) is 2.50. The maximum atomic E-state index is 11.6. The normalized spacial score (nSPS) is 17.1. The number of carbonyl (C=O) groups excluding carboxylic acids is 1. The molecule has 5 nitrogen and oxygen atoms in total. The average molecular weight is 264 g/mol. The second-order valence-corrected chi connectivity index (χ2v) is 5.21. The summed E-state index contributed by atoms with van der Waals surface area (Å²) in [7, 11) is 0. The monoisotopic (exact) mass is 264 g/mol. The van der Waals surface area contributed by atoms with Crippen LogP contribution in [0, 0.1) is 0 Å². The molecular weight excluding hydrogens is 240 g/mol. The first-order chi connectivity index (χ1) is 9.36. The molecule has 106 valence electrons. The zero-order valence-electron chi connectivity index (χ0n) is 11.5. The second-order valence-electron chi connectivity index (χ2n) is 5.21. The molecule has 0 aromatic carbocycles. The number of rotatable bonds is 6. The standard InChI is InChI=1S/C14H24N4O/c19-14(13-11-16-17-12-13)15-7-3-6-10-18-8-4-1-2-5-9-18/h11-12H,1-10H2,(H,15,19)(H,16,17). The average Bonchev–Trinajstić information content (AvgIpc) is 2.83. The molecule has 1 aliphatic heterocycles. The summed E-state index contributed by atoms with van der Waals surface area (Å²) in [6.07, 6.45) is 10.8. The molecule has 1 aromatic heterocycles. The lowest BCUT2D eigenvalue weighted by Gasteiger charge is -2.19. The van der Waals surface area contributed by atoms with Crippen LogP contribution >= 0.6 is 0 Å². The van der Waals surface area contributed by atoms with E-state index >= 15 is 0 Å². The van der Waals surface area contributed by atoms with Crippen LogP contribution in [0.3, 0.4) is 0 Å². The van der Waals surface area contributed by atoms with Gasteiger partial charge in [-0.3, -0.25) is 9.89 Å². The van der Waals surface area contributed by atoms with E-state index in [4.69, 9.17) is 0 Å². The fourth-order valence-corrected chi connectivity index (χ4v) is 2.50. The third-order valence-corrected chi connectivity index (χ3v) is 3.65. The minimum absolute atomic E-state index is 0.0384. The van der Waals surface area contributed by atoms with E-state index in [1.54, 1.807) is 12.4 Å². The van der Waals surface area contributed by atoms with Crippen molar-refractivity contribution in [2.75, 3.05) is 26.2 Å². The molecule has 1 saturated heterocycles. The van der Waals surface area contributed by atoms with Gasteiger partial charge in [0.15, 0.2) is 0 Å². The van der Waals surface area contributed by atoms with Crippen molar-refractivity contribution in [2.45, 2.75) is 38.5 Å². The highest BCUT2D eigenvalue weighted by molar-refractivity contribution is 5.93. The third-order valence-electron chi connectivity index (χ3n) is 3.65. The molecule has 2 N–H and O–H groups in total. The van der Waals surface area contributed by atoms with Gasteiger partial charge in [-0.15, -0.1) is 0 Å². The Morgan fingerprint density at radius 3 is 2.74 bits per heavy atom. The van der Waals surface area contributed by atoms with Crippen molar-refractivity contribution in [1.82, 2.24) is 20.4 Å². The topological polar surface area (TPSA) is 61.0 Å². The molecule has 1 aromatic rings. The lowest BCUT2D eigenvalue weighted by Crippen LogP contribution is -2.28. The number of unbranched alkanes of at least 4 members (excludes halogenated alkanes) is 1. The molecule has 1 aliphatic rings. The highest BCUT2D eigenvalue weighted by Gasteiger charge is 2.08. The summed E-state index contributed by atoms with van der Waals surface area (Å²) >= 11 is 0. The van der Waals surface area contributed by atoms with Crippen molar-refractivity contribution >= 4 is 5.91 Å². The van der Waals surface area contributed by atoms with E-state index in [0.29, 0.717) is 5.56 Å². The number of likely N-dealkylation sites (tertiary alicyclic amines) is 1. The van der Waals surface area contributed by atoms with Gasteiger partial charge in [0.05, 0.1) is 11.8 Å². The molecule has 1 fully saturated rings. The first-order valence-corrected chi connectivity index (χ1v) is 7.35. The molecule has 2 rings (SSSR count). The van der Waals surface area contributed by atoms with E-state index in [-0.39, 0.29) is 5.91 Å². The lowest BCUT2D eigenvalue weighted by molar-refractivity contribution is 0.0952. The van der Waals surface area contributed by atoms with Gasteiger partial charge in [-0.25, -0.2) is 0 Å². The molecule has 0 radical (unpaired) electrons. The number of aromatic amines is 1. The SMILES string of the molecule is O=C(NCCCCN1CCCCCC1)c1cn[nH]c1. The van der Waals surface area contributed by atoms with Crippen LogP contribution in [-0.2, 0) is 0 Å². The number of H-pyrrole nitrogens is 1. The Balaban J connectivity index is 1.53. The van der Waals surface area contributed by atoms with Gasteiger partial charge in [0.1, 0.15) is 0 Å². The predicted molar refractivity (Wildman–Crippen MR) is 75.1 cm³/mol. The minimum Gasteiger partial charge on any atom is -0.352 e. The van der Waals surface area contributed by atoms with Gasteiger partial charge in [0, 0.05) is 12.7 Å². The van der Waals surface area contributed by atoms with Crippen LogP contribution in [0.25, 0.3) is 0 Å². The summed E-state index contributed by atoms with van der Waals surface area (Å²) in [5.74, 6) is -0.0384.